The number of carbonyl (C=O) groups excluding carboxylic acids is 2. The third-order valence-electron chi connectivity index (χ3n) is 5.88. The van der Waals surface area contributed by atoms with Gasteiger partial charge in [-0.05, 0) is 49.3 Å². The van der Waals surface area contributed by atoms with Crippen LogP contribution < -0.4 is 14.8 Å². The van der Waals surface area contributed by atoms with Crippen molar-refractivity contribution in [2.24, 2.45) is 11.8 Å². The van der Waals surface area contributed by atoms with Crippen LogP contribution in [0.15, 0.2) is 18.2 Å². The number of nitrogens with zero attached hydrogens (tertiary/aromatic N) is 2. The number of benzene rings is 1. The van der Waals surface area contributed by atoms with Gasteiger partial charge in [0.05, 0.1) is 0 Å². The highest BCUT2D eigenvalue weighted by atomic mass is 16.7. The number of nitrogens with one attached hydrogen (secondary N) is 1. The molecule has 3 aliphatic heterocycles. The van der Waals surface area contributed by atoms with E-state index in [1.165, 1.54) is 0 Å². The SMILES string of the molecule is CCNC(=O)N1CCC2CC(=O)N(Cc3ccc4c(c3)OCO4)CCC2C1. The highest BCUT2D eigenvalue weighted by Gasteiger charge is 2.36. The Morgan fingerprint density at radius 3 is 2.85 bits per heavy atom. The second-order valence-electron chi connectivity index (χ2n) is 7.59. The maximum absolute atomic E-state index is 12.8. The second kappa shape index (κ2) is 7.66. The summed E-state index contributed by atoms with van der Waals surface area (Å²) in [6.45, 7) is 5.65. The van der Waals surface area contributed by atoms with E-state index in [1.54, 1.807) is 0 Å². The van der Waals surface area contributed by atoms with E-state index in [9.17, 15) is 9.59 Å². The minimum atomic E-state index is 0.0174. The van der Waals surface area contributed by atoms with Gasteiger partial charge in [-0.25, -0.2) is 4.79 Å². The van der Waals surface area contributed by atoms with Gasteiger partial charge < -0.3 is 24.6 Å². The Balaban J connectivity index is 1.40. The van der Waals surface area contributed by atoms with E-state index in [-0.39, 0.29) is 18.7 Å². The summed E-state index contributed by atoms with van der Waals surface area (Å²) in [7, 11) is 0. The van der Waals surface area contributed by atoms with Gasteiger partial charge in [-0.2, -0.15) is 0 Å². The van der Waals surface area contributed by atoms with Crippen LogP contribution in [0.1, 0.15) is 31.7 Å². The zero-order chi connectivity index (χ0) is 18.8. The van der Waals surface area contributed by atoms with Crippen molar-refractivity contribution in [1.29, 1.82) is 0 Å². The van der Waals surface area contributed by atoms with E-state index < -0.39 is 0 Å². The third kappa shape index (κ3) is 3.82. The van der Waals surface area contributed by atoms with Crippen LogP contribution in [0.2, 0.25) is 0 Å². The first-order chi connectivity index (χ1) is 13.1. The average Bonchev–Trinajstić information content (AvgIpc) is 3.07. The first-order valence-corrected chi connectivity index (χ1v) is 9.83. The maximum atomic E-state index is 12.8. The topological polar surface area (TPSA) is 71.1 Å². The van der Waals surface area contributed by atoms with Crippen molar-refractivity contribution >= 4 is 11.9 Å². The zero-order valence-corrected chi connectivity index (χ0v) is 15.8. The molecule has 3 amide bonds. The molecule has 2 unspecified atom stereocenters. The van der Waals surface area contributed by atoms with Crippen LogP contribution >= 0.6 is 0 Å². The number of rotatable bonds is 3. The van der Waals surface area contributed by atoms with Gasteiger partial charge in [-0.3, -0.25) is 4.79 Å². The molecule has 0 saturated carbocycles. The maximum Gasteiger partial charge on any atom is 0.317 e. The monoisotopic (exact) mass is 373 g/mol. The number of carbonyl (C=O) groups is 2. The fourth-order valence-electron chi connectivity index (χ4n) is 4.35. The van der Waals surface area contributed by atoms with Crippen LogP contribution in [0.25, 0.3) is 0 Å². The lowest BCUT2D eigenvalue weighted by molar-refractivity contribution is -0.132. The number of amides is 3. The highest BCUT2D eigenvalue weighted by molar-refractivity contribution is 5.77. The Hall–Kier alpha value is -2.44. The molecular formula is C20H27N3O4. The molecule has 3 heterocycles. The molecule has 2 saturated heterocycles. The normalized spacial score (nSPS) is 24.4. The van der Waals surface area contributed by atoms with E-state index >= 15 is 0 Å². The van der Waals surface area contributed by atoms with Crippen LogP contribution in [-0.2, 0) is 11.3 Å². The number of likely N-dealkylation sites (tertiary alicyclic amines) is 2. The quantitative estimate of drug-likeness (QED) is 0.882. The van der Waals surface area contributed by atoms with E-state index in [2.05, 4.69) is 5.32 Å². The Bertz CT molecular complexity index is 723. The number of urea groups is 1. The molecule has 1 aromatic rings. The molecule has 4 rings (SSSR count). The molecule has 2 fully saturated rings. The molecule has 0 aromatic heterocycles. The molecule has 0 radical (unpaired) electrons. The summed E-state index contributed by atoms with van der Waals surface area (Å²) in [6, 6.07) is 5.88. The average molecular weight is 373 g/mol. The summed E-state index contributed by atoms with van der Waals surface area (Å²) < 4.78 is 10.8. The van der Waals surface area contributed by atoms with Crippen LogP contribution in [-0.4, -0.2) is 54.7 Å². The lowest BCUT2D eigenvalue weighted by Gasteiger charge is -2.37. The van der Waals surface area contributed by atoms with Crippen molar-refractivity contribution in [1.82, 2.24) is 15.1 Å². The molecule has 146 valence electrons. The van der Waals surface area contributed by atoms with Gasteiger partial charge in [0, 0.05) is 39.1 Å². The van der Waals surface area contributed by atoms with Gasteiger partial charge in [0.25, 0.3) is 0 Å². The van der Waals surface area contributed by atoms with Crippen molar-refractivity contribution in [3.63, 3.8) is 0 Å². The fourth-order valence-corrected chi connectivity index (χ4v) is 4.35. The molecule has 0 bridgehead atoms. The summed E-state index contributed by atoms with van der Waals surface area (Å²) >= 11 is 0. The summed E-state index contributed by atoms with van der Waals surface area (Å²) in [5.41, 5.74) is 1.06. The molecule has 7 heteroatoms. The summed E-state index contributed by atoms with van der Waals surface area (Å²) in [5, 5.41) is 2.88. The van der Waals surface area contributed by atoms with Crippen LogP contribution in [0.4, 0.5) is 4.79 Å². The van der Waals surface area contributed by atoms with Crippen molar-refractivity contribution in [3.8, 4) is 11.5 Å². The third-order valence-corrected chi connectivity index (χ3v) is 5.88. The summed E-state index contributed by atoms with van der Waals surface area (Å²) in [6.07, 6.45) is 2.43. The lowest BCUT2D eigenvalue weighted by Crippen LogP contribution is -2.48. The molecule has 1 N–H and O–H groups in total. The first-order valence-electron chi connectivity index (χ1n) is 9.83. The summed E-state index contributed by atoms with van der Waals surface area (Å²) in [4.78, 5) is 28.8. The fraction of sp³-hybridized carbons (Fsp3) is 0.600. The van der Waals surface area contributed by atoms with Crippen LogP contribution in [0, 0.1) is 11.8 Å². The Morgan fingerprint density at radius 2 is 2.00 bits per heavy atom. The molecular weight excluding hydrogens is 346 g/mol. The van der Waals surface area contributed by atoms with Crippen molar-refractivity contribution < 1.29 is 19.1 Å². The van der Waals surface area contributed by atoms with Gasteiger partial charge in [0.2, 0.25) is 12.7 Å². The molecule has 2 atom stereocenters. The van der Waals surface area contributed by atoms with E-state index in [1.807, 2.05) is 34.9 Å². The number of hydrogen-bond donors (Lipinski definition) is 1. The van der Waals surface area contributed by atoms with Gasteiger partial charge in [0.15, 0.2) is 11.5 Å². The predicted octanol–water partition coefficient (Wildman–Crippen LogP) is 2.21. The second-order valence-corrected chi connectivity index (χ2v) is 7.59. The molecule has 0 aliphatic carbocycles. The molecule has 7 nitrogen and oxygen atoms in total. The predicted molar refractivity (Wildman–Crippen MR) is 99.5 cm³/mol. The van der Waals surface area contributed by atoms with Crippen LogP contribution in [0.5, 0.6) is 11.5 Å². The minimum absolute atomic E-state index is 0.0174. The highest BCUT2D eigenvalue weighted by Crippen LogP contribution is 2.35. The molecule has 1 aromatic carbocycles. The lowest BCUT2D eigenvalue weighted by atomic mass is 9.82. The van der Waals surface area contributed by atoms with Gasteiger partial charge in [-0.1, -0.05) is 6.07 Å². The largest absolute Gasteiger partial charge is 0.454 e. The van der Waals surface area contributed by atoms with Crippen LogP contribution in [0.3, 0.4) is 0 Å². The van der Waals surface area contributed by atoms with Crippen molar-refractivity contribution in [2.45, 2.75) is 32.7 Å². The molecule has 27 heavy (non-hydrogen) atoms. The number of ether oxygens (including phenoxy) is 2. The number of fused-ring (bicyclic) bond motifs is 2. The standard InChI is InChI=1S/C20H27N3O4/c1-2-21-20(25)23-8-5-15-10-19(24)22(7-6-16(15)12-23)11-14-3-4-17-18(9-14)27-13-26-17/h3-4,9,15-16H,2,5-8,10-13H2,1H3,(H,21,25). The van der Waals surface area contributed by atoms with E-state index in [4.69, 9.17) is 9.47 Å². The van der Waals surface area contributed by atoms with Gasteiger partial charge >= 0.3 is 6.03 Å². The Kier molecular flexibility index (Phi) is 5.09. The van der Waals surface area contributed by atoms with E-state index in [0.29, 0.717) is 31.3 Å². The van der Waals surface area contributed by atoms with Gasteiger partial charge in [-0.15, -0.1) is 0 Å². The number of hydrogen-bond acceptors (Lipinski definition) is 4. The Morgan fingerprint density at radius 1 is 1.19 bits per heavy atom. The first kappa shape index (κ1) is 17.9. The summed E-state index contributed by atoms with van der Waals surface area (Å²) in [5.74, 6) is 2.50. The smallest absolute Gasteiger partial charge is 0.317 e. The zero-order valence-electron chi connectivity index (χ0n) is 15.8. The van der Waals surface area contributed by atoms with Gasteiger partial charge in [0.1, 0.15) is 0 Å². The van der Waals surface area contributed by atoms with E-state index in [0.717, 1.165) is 49.5 Å². The van der Waals surface area contributed by atoms with Crippen molar-refractivity contribution in [2.75, 3.05) is 33.0 Å². The molecule has 0 spiro atoms. The van der Waals surface area contributed by atoms with Crippen molar-refractivity contribution in [3.05, 3.63) is 23.8 Å². The molecule has 3 aliphatic rings. The number of piperidine rings is 1. The Labute approximate surface area is 159 Å². The minimum Gasteiger partial charge on any atom is -0.454 e.